The highest BCUT2D eigenvalue weighted by molar-refractivity contribution is 5.40. The summed E-state index contributed by atoms with van der Waals surface area (Å²) in [6, 6.07) is 5.12. The van der Waals surface area contributed by atoms with Crippen LogP contribution in [0.2, 0.25) is 0 Å². The zero-order valence-corrected chi connectivity index (χ0v) is 15.9. The van der Waals surface area contributed by atoms with Gasteiger partial charge in [0.15, 0.2) is 11.5 Å². The van der Waals surface area contributed by atoms with E-state index in [4.69, 9.17) is 0 Å². The number of benzene rings is 1. The molecule has 0 saturated heterocycles. The zero-order valence-electron chi connectivity index (χ0n) is 15.9. The van der Waals surface area contributed by atoms with Crippen LogP contribution in [0.15, 0.2) is 42.5 Å². The number of rotatable bonds is 14. The van der Waals surface area contributed by atoms with Gasteiger partial charge in [0.25, 0.3) is 0 Å². The molecule has 0 aromatic heterocycles. The lowest BCUT2D eigenvalue weighted by Gasteiger charge is -2.04. The Morgan fingerprint density at radius 2 is 1.36 bits per heavy atom. The number of unbranched alkanes of at least 4 members (excludes halogenated alkanes) is 8. The highest BCUT2D eigenvalue weighted by Gasteiger charge is 2.00. The molecule has 0 spiro atoms. The number of hydrogen-bond acceptors (Lipinski definition) is 2. The normalized spacial score (nSPS) is 11.7. The third kappa shape index (κ3) is 11.5. The summed E-state index contributed by atoms with van der Waals surface area (Å²) < 4.78 is 0. The van der Waals surface area contributed by atoms with Crippen LogP contribution < -0.4 is 0 Å². The number of hydrogen-bond donors (Lipinski definition) is 2. The Morgan fingerprint density at radius 3 is 2.04 bits per heavy atom. The van der Waals surface area contributed by atoms with E-state index in [0.29, 0.717) is 0 Å². The van der Waals surface area contributed by atoms with Crippen LogP contribution in [0.25, 0.3) is 0 Å². The fourth-order valence-corrected chi connectivity index (χ4v) is 2.87. The molecule has 0 bridgehead atoms. The Kier molecular flexibility index (Phi) is 12.5. The van der Waals surface area contributed by atoms with Gasteiger partial charge in [0, 0.05) is 0 Å². The van der Waals surface area contributed by atoms with Crippen molar-refractivity contribution in [2.45, 2.75) is 84.0 Å². The summed E-state index contributed by atoms with van der Waals surface area (Å²) in [6.45, 7) is 2.24. The monoisotopic (exact) mass is 344 g/mol. The van der Waals surface area contributed by atoms with Crippen molar-refractivity contribution in [1.82, 2.24) is 0 Å². The van der Waals surface area contributed by atoms with Gasteiger partial charge < -0.3 is 10.2 Å². The van der Waals surface area contributed by atoms with Gasteiger partial charge in [0.1, 0.15) is 0 Å². The van der Waals surface area contributed by atoms with Gasteiger partial charge >= 0.3 is 0 Å². The molecule has 2 N–H and O–H groups in total. The predicted octanol–water partition coefficient (Wildman–Crippen LogP) is 7.06. The largest absolute Gasteiger partial charge is 0.504 e. The Hall–Kier alpha value is -1.70. The van der Waals surface area contributed by atoms with Crippen molar-refractivity contribution in [3.63, 3.8) is 0 Å². The van der Waals surface area contributed by atoms with Crippen molar-refractivity contribution in [2.24, 2.45) is 0 Å². The maximum Gasteiger partial charge on any atom is 0.157 e. The van der Waals surface area contributed by atoms with Crippen molar-refractivity contribution in [1.29, 1.82) is 0 Å². The fraction of sp³-hybridized carbons (Fsp3) is 0.565. The standard InChI is InChI=1S/C23H36O2/c1-2-3-4-5-6-7-8-9-10-11-12-13-14-15-16-17-21-18-19-22(24)23(25)20-21/h6-7,9-10,18-20,24-25H,2-5,8,11-17H2,1H3. The second kappa shape index (κ2) is 14.6. The lowest BCUT2D eigenvalue weighted by molar-refractivity contribution is 0.403. The molecule has 0 radical (unpaired) electrons. The van der Waals surface area contributed by atoms with Crippen LogP contribution in [0.1, 0.15) is 83.1 Å². The maximum atomic E-state index is 9.47. The Morgan fingerprint density at radius 1 is 0.720 bits per heavy atom. The van der Waals surface area contributed by atoms with Crippen molar-refractivity contribution in [3.8, 4) is 11.5 Å². The van der Waals surface area contributed by atoms with Crippen LogP contribution in [0.4, 0.5) is 0 Å². The molecular weight excluding hydrogens is 308 g/mol. The summed E-state index contributed by atoms with van der Waals surface area (Å²) >= 11 is 0. The van der Waals surface area contributed by atoms with Gasteiger partial charge in [0.2, 0.25) is 0 Å². The summed E-state index contributed by atoms with van der Waals surface area (Å²) in [4.78, 5) is 0. The SMILES string of the molecule is CCCCCC=CCC=CCCCCCCCc1ccc(O)c(O)c1. The van der Waals surface area contributed by atoms with Gasteiger partial charge in [0.05, 0.1) is 0 Å². The third-order valence-corrected chi connectivity index (χ3v) is 4.46. The molecule has 1 aromatic rings. The molecule has 0 saturated carbocycles. The van der Waals surface area contributed by atoms with Crippen LogP contribution >= 0.6 is 0 Å². The fourth-order valence-electron chi connectivity index (χ4n) is 2.87. The van der Waals surface area contributed by atoms with E-state index < -0.39 is 0 Å². The van der Waals surface area contributed by atoms with Crippen LogP contribution in [0.3, 0.4) is 0 Å². The van der Waals surface area contributed by atoms with E-state index >= 15 is 0 Å². The zero-order chi connectivity index (χ0) is 18.2. The van der Waals surface area contributed by atoms with Crippen molar-refractivity contribution < 1.29 is 10.2 Å². The minimum absolute atomic E-state index is 0.0138. The summed E-state index contributed by atoms with van der Waals surface area (Å²) in [6.07, 6.45) is 23.8. The smallest absolute Gasteiger partial charge is 0.157 e. The van der Waals surface area contributed by atoms with Gasteiger partial charge in [-0.05, 0) is 62.6 Å². The minimum atomic E-state index is -0.0382. The molecule has 2 nitrogen and oxygen atoms in total. The number of aromatic hydroxyl groups is 2. The molecule has 0 aliphatic heterocycles. The molecule has 1 rings (SSSR count). The van der Waals surface area contributed by atoms with Crippen LogP contribution in [-0.4, -0.2) is 10.2 Å². The Balaban J connectivity index is 1.91. The van der Waals surface area contributed by atoms with Crippen LogP contribution in [-0.2, 0) is 6.42 Å². The highest BCUT2D eigenvalue weighted by Crippen LogP contribution is 2.25. The van der Waals surface area contributed by atoms with Gasteiger partial charge in [-0.3, -0.25) is 0 Å². The molecule has 25 heavy (non-hydrogen) atoms. The molecule has 0 unspecified atom stereocenters. The number of allylic oxidation sites excluding steroid dienone is 4. The van der Waals surface area contributed by atoms with E-state index in [2.05, 4.69) is 31.2 Å². The number of aryl methyl sites for hydroxylation is 1. The molecule has 0 heterocycles. The molecule has 0 amide bonds. The first-order valence-corrected chi connectivity index (χ1v) is 10.0. The lowest BCUT2D eigenvalue weighted by atomic mass is 10.0. The maximum absolute atomic E-state index is 9.47. The van der Waals surface area contributed by atoms with Crippen molar-refractivity contribution in [3.05, 3.63) is 48.1 Å². The highest BCUT2D eigenvalue weighted by atomic mass is 16.3. The van der Waals surface area contributed by atoms with E-state index in [-0.39, 0.29) is 11.5 Å². The quantitative estimate of drug-likeness (QED) is 0.215. The van der Waals surface area contributed by atoms with E-state index in [9.17, 15) is 10.2 Å². The molecule has 140 valence electrons. The van der Waals surface area contributed by atoms with Gasteiger partial charge in [-0.1, -0.05) is 69.4 Å². The summed E-state index contributed by atoms with van der Waals surface area (Å²) in [5.74, 6) is -0.0520. The molecular formula is C23H36O2. The second-order valence-electron chi connectivity index (χ2n) is 6.80. The van der Waals surface area contributed by atoms with E-state index in [1.165, 1.54) is 57.8 Å². The molecule has 1 aromatic carbocycles. The molecule has 0 fully saturated rings. The van der Waals surface area contributed by atoms with E-state index in [1.807, 2.05) is 6.07 Å². The molecule has 2 heteroatoms. The summed E-state index contributed by atoms with van der Waals surface area (Å²) in [5.41, 5.74) is 1.10. The Bertz CT molecular complexity index is 503. The Labute approximate surface area is 154 Å². The van der Waals surface area contributed by atoms with Gasteiger partial charge in [-0.15, -0.1) is 0 Å². The first kappa shape index (κ1) is 21.3. The minimum Gasteiger partial charge on any atom is -0.504 e. The van der Waals surface area contributed by atoms with Gasteiger partial charge in [-0.2, -0.15) is 0 Å². The first-order valence-electron chi connectivity index (χ1n) is 10.0. The van der Waals surface area contributed by atoms with E-state index in [0.717, 1.165) is 24.8 Å². The second-order valence-corrected chi connectivity index (χ2v) is 6.80. The first-order chi connectivity index (χ1) is 12.2. The van der Waals surface area contributed by atoms with Gasteiger partial charge in [-0.25, -0.2) is 0 Å². The third-order valence-electron chi connectivity index (χ3n) is 4.46. The average molecular weight is 345 g/mol. The lowest BCUT2D eigenvalue weighted by Crippen LogP contribution is -1.86. The summed E-state index contributed by atoms with van der Waals surface area (Å²) in [5, 5.41) is 18.8. The molecule has 0 atom stereocenters. The van der Waals surface area contributed by atoms with Crippen molar-refractivity contribution >= 4 is 0 Å². The van der Waals surface area contributed by atoms with Crippen molar-refractivity contribution in [2.75, 3.05) is 0 Å². The predicted molar refractivity (Wildman–Crippen MR) is 108 cm³/mol. The summed E-state index contributed by atoms with van der Waals surface area (Å²) in [7, 11) is 0. The van der Waals surface area contributed by atoms with Crippen LogP contribution in [0.5, 0.6) is 11.5 Å². The molecule has 0 aliphatic rings. The number of phenols is 2. The van der Waals surface area contributed by atoms with Crippen LogP contribution in [0, 0.1) is 0 Å². The van der Waals surface area contributed by atoms with E-state index in [1.54, 1.807) is 12.1 Å². The number of phenolic OH excluding ortho intramolecular Hbond substituents is 2. The molecule has 0 aliphatic carbocycles. The topological polar surface area (TPSA) is 40.5 Å². The average Bonchev–Trinajstić information content (AvgIpc) is 2.61.